The van der Waals surface area contributed by atoms with Gasteiger partial charge in [-0.1, -0.05) is 0 Å². The molecule has 0 aromatic carbocycles. The molecule has 2 aromatic heterocycles. The van der Waals surface area contributed by atoms with E-state index in [1.807, 2.05) is 30.4 Å². The molecule has 68 valence electrons. The van der Waals surface area contributed by atoms with Crippen LogP contribution in [0.5, 0.6) is 0 Å². The van der Waals surface area contributed by atoms with E-state index in [4.69, 9.17) is 4.42 Å². The molecule has 0 atom stereocenters. The zero-order valence-electron chi connectivity index (χ0n) is 7.92. The Hall–Kier alpha value is -1.51. The van der Waals surface area contributed by atoms with Gasteiger partial charge < -0.3 is 4.42 Å². The van der Waals surface area contributed by atoms with Crippen LogP contribution in [0.25, 0.3) is 5.71 Å². The third-order valence-corrected chi connectivity index (χ3v) is 2.42. The van der Waals surface area contributed by atoms with Crippen molar-refractivity contribution in [3.8, 4) is 0 Å². The number of hydrogen-bond donors (Lipinski definition) is 0. The van der Waals surface area contributed by atoms with Gasteiger partial charge >= 0.3 is 5.63 Å². The Balaban J connectivity index is 3.06. The van der Waals surface area contributed by atoms with Gasteiger partial charge in [0.25, 0.3) is 0 Å². The lowest BCUT2D eigenvalue weighted by Gasteiger charge is -2.03. The smallest absolute Gasteiger partial charge is 0.342 e. The first-order valence-corrected chi connectivity index (χ1v) is 4.19. The molecule has 0 N–H and O–H groups in total. The summed E-state index contributed by atoms with van der Waals surface area (Å²) in [5.74, 6) is 0. The molecule has 0 unspecified atom stereocenters. The SMILES string of the molecule is Cc1c(C)n2c(C)ccc2oc1=O. The van der Waals surface area contributed by atoms with Crippen LogP contribution in [0.1, 0.15) is 17.0 Å². The third-order valence-electron chi connectivity index (χ3n) is 2.42. The Morgan fingerprint density at radius 2 is 1.92 bits per heavy atom. The highest BCUT2D eigenvalue weighted by molar-refractivity contribution is 5.41. The Labute approximate surface area is 75.6 Å². The van der Waals surface area contributed by atoms with Crippen molar-refractivity contribution in [2.45, 2.75) is 20.8 Å². The minimum atomic E-state index is -0.247. The van der Waals surface area contributed by atoms with E-state index in [1.165, 1.54) is 0 Å². The molecule has 13 heavy (non-hydrogen) atoms. The van der Waals surface area contributed by atoms with Crippen LogP contribution in [0.3, 0.4) is 0 Å². The second-order valence-electron chi connectivity index (χ2n) is 3.25. The number of rotatable bonds is 0. The normalized spacial score (nSPS) is 11.0. The fraction of sp³-hybridized carbons (Fsp3) is 0.300. The molecule has 2 heterocycles. The van der Waals surface area contributed by atoms with Crippen molar-refractivity contribution in [3.63, 3.8) is 0 Å². The highest BCUT2D eigenvalue weighted by atomic mass is 16.4. The first kappa shape index (κ1) is 8.10. The highest BCUT2D eigenvalue weighted by Crippen LogP contribution is 2.12. The quantitative estimate of drug-likeness (QED) is 0.615. The zero-order chi connectivity index (χ0) is 9.59. The molecule has 3 heteroatoms. The highest BCUT2D eigenvalue weighted by Gasteiger charge is 2.07. The van der Waals surface area contributed by atoms with Crippen molar-refractivity contribution in [2.24, 2.45) is 0 Å². The molecule has 0 spiro atoms. The van der Waals surface area contributed by atoms with E-state index in [0.717, 1.165) is 11.4 Å². The third kappa shape index (κ3) is 1.00. The van der Waals surface area contributed by atoms with Gasteiger partial charge in [-0.3, -0.25) is 4.40 Å². The molecule has 0 radical (unpaired) electrons. The van der Waals surface area contributed by atoms with E-state index in [9.17, 15) is 4.79 Å². The van der Waals surface area contributed by atoms with Crippen LogP contribution in [-0.4, -0.2) is 4.40 Å². The summed E-state index contributed by atoms with van der Waals surface area (Å²) in [6.07, 6.45) is 0. The first-order valence-electron chi connectivity index (χ1n) is 4.19. The van der Waals surface area contributed by atoms with Gasteiger partial charge in [0, 0.05) is 17.5 Å². The summed E-state index contributed by atoms with van der Waals surface area (Å²) in [4.78, 5) is 11.3. The van der Waals surface area contributed by atoms with Gasteiger partial charge in [-0.15, -0.1) is 0 Å². The Morgan fingerprint density at radius 1 is 1.23 bits per heavy atom. The molecule has 0 amide bonds. The van der Waals surface area contributed by atoms with E-state index in [0.29, 0.717) is 11.3 Å². The number of fused-ring (bicyclic) bond motifs is 1. The Bertz CT molecular complexity index is 519. The van der Waals surface area contributed by atoms with Gasteiger partial charge in [-0.05, 0) is 26.8 Å². The number of aromatic nitrogens is 1. The first-order chi connectivity index (χ1) is 6.11. The molecule has 3 nitrogen and oxygen atoms in total. The Morgan fingerprint density at radius 3 is 2.62 bits per heavy atom. The minimum absolute atomic E-state index is 0.247. The van der Waals surface area contributed by atoms with Crippen molar-refractivity contribution in [1.82, 2.24) is 4.40 Å². The minimum Gasteiger partial charge on any atom is -0.406 e. The molecule has 0 saturated carbocycles. The van der Waals surface area contributed by atoms with Crippen LogP contribution >= 0.6 is 0 Å². The topological polar surface area (TPSA) is 34.6 Å². The van der Waals surface area contributed by atoms with Crippen molar-refractivity contribution >= 4 is 5.71 Å². The lowest BCUT2D eigenvalue weighted by Crippen LogP contribution is -2.09. The predicted octanol–water partition coefficient (Wildman–Crippen LogP) is 1.82. The van der Waals surface area contributed by atoms with Crippen LogP contribution in [0.15, 0.2) is 21.3 Å². The van der Waals surface area contributed by atoms with Gasteiger partial charge in [0.1, 0.15) is 0 Å². The van der Waals surface area contributed by atoms with Crippen LogP contribution in [0.2, 0.25) is 0 Å². The lowest BCUT2D eigenvalue weighted by molar-refractivity contribution is 0.525. The number of aryl methyl sites for hydroxylation is 2. The largest absolute Gasteiger partial charge is 0.406 e. The summed E-state index contributed by atoms with van der Waals surface area (Å²) in [6, 6.07) is 3.74. The second-order valence-corrected chi connectivity index (χ2v) is 3.25. The summed E-state index contributed by atoms with van der Waals surface area (Å²) >= 11 is 0. The van der Waals surface area contributed by atoms with Crippen LogP contribution in [0, 0.1) is 20.8 Å². The van der Waals surface area contributed by atoms with Crippen LogP contribution in [0.4, 0.5) is 0 Å². The molecular weight excluding hydrogens is 166 g/mol. The molecule has 0 aliphatic rings. The zero-order valence-corrected chi connectivity index (χ0v) is 7.92. The molecular formula is C10H11NO2. The predicted molar refractivity (Wildman–Crippen MR) is 50.1 cm³/mol. The number of nitrogens with zero attached hydrogens (tertiary/aromatic N) is 1. The fourth-order valence-corrected chi connectivity index (χ4v) is 1.51. The van der Waals surface area contributed by atoms with Gasteiger partial charge in [0.2, 0.25) is 5.71 Å². The second kappa shape index (κ2) is 2.49. The van der Waals surface area contributed by atoms with Crippen molar-refractivity contribution in [2.75, 3.05) is 0 Å². The Kier molecular flexibility index (Phi) is 1.55. The molecule has 0 fully saturated rings. The summed E-state index contributed by atoms with van der Waals surface area (Å²) in [5.41, 5.74) is 3.08. The van der Waals surface area contributed by atoms with E-state index in [-0.39, 0.29) is 5.63 Å². The van der Waals surface area contributed by atoms with Crippen molar-refractivity contribution in [3.05, 3.63) is 39.5 Å². The summed E-state index contributed by atoms with van der Waals surface area (Å²) in [7, 11) is 0. The van der Waals surface area contributed by atoms with Crippen molar-refractivity contribution in [1.29, 1.82) is 0 Å². The standard InChI is InChI=1S/C10H11NO2/c1-6-4-5-9-11(6)8(3)7(2)10(12)13-9/h4-5H,1-3H3. The lowest BCUT2D eigenvalue weighted by atomic mass is 10.3. The molecule has 2 rings (SSSR count). The maximum atomic E-state index is 11.3. The average Bonchev–Trinajstić information content (AvgIpc) is 2.43. The summed E-state index contributed by atoms with van der Waals surface area (Å²) < 4.78 is 7.04. The number of hydrogen-bond acceptors (Lipinski definition) is 2. The molecule has 0 bridgehead atoms. The van der Waals surface area contributed by atoms with Crippen LogP contribution in [-0.2, 0) is 0 Å². The molecule has 0 aliphatic carbocycles. The van der Waals surface area contributed by atoms with E-state index >= 15 is 0 Å². The maximum Gasteiger partial charge on any atom is 0.342 e. The van der Waals surface area contributed by atoms with Gasteiger partial charge in [0.15, 0.2) is 0 Å². The summed E-state index contributed by atoms with van der Waals surface area (Å²) in [6.45, 7) is 5.69. The summed E-state index contributed by atoms with van der Waals surface area (Å²) in [5, 5.41) is 0. The maximum absolute atomic E-state index is 11.3. The van der Waals surface area contributed by atoms with Crippen molar-refractivity contribution < 1.29 is 4.42 Å². The molecule has 0 aliphatic heterocycles. The van der Waals surface area contributed by atoms with Gasteiger partial charge in [0.05, 0.1) is 5.56 Å². The van der Waals surface area contributed by atoms with Crippen LogP contribution < -0.4 is 5.63 Å². The van der Waals surface area contributed by atoms with Gasteiger partial charge in [-0.25, -0.2) is 4.79 Å². The van der Waals surface area contributed by atoms with E-state index in [2.05, 4.69) is 0 Å². The average molecular weight is 177 g/mol. The van der Waals surface area contributed by atoms with E-state index < -0.39 is 0 Å². The van der Waals surface area contributed by atoms with Gasteiger partial charge in [-0.2, -0.15) is 0 Å². The monoisotopic (exact) mass is 177 g/mol. The fourth-order valence-electron chi connectivity index (χ4n) is 1.51. The molecule has 0 saturated heterocycles. The molecule has 2 aromatic rings. The van der Waals surface area contributed by atoms with E-state index in [1.54, 1.807) is 6.92 Å².